The number of hydrogen-bond donors (Lipinski definition) is 1. The van der Waals surface area contributed by atoms with Gasteiger partial charge in [0.05, 0.1) is 5.69 Å². The summed E-state index contributed by atoms with van der Waals surface area (Å²) in [5.74, 6) is -0.0599. The number of piperidine rings is 1. The van der Waals surface area contributed by atoms with Crippen LogP contribution in [0.2, 0.25) is 0 Å². The molecule has 8 heteroatoms. The first kappa shape index (κ1) is 21.4. The number of amides is 1. The maximum atomic E-state index is 13.6. The van der Waals surface area contributed by atoms with Crippen LogP contribution in [0.1, 0.15) is 30.1 Å². The second-order valence-corrected chi connectivity index (χ2v) is 7.81. The summed E-state index contributed by atoms with van der Waals surface area (Å²) >= 11 is 0. The minimum Gasteiger partial charge on any atom is -0.355 e. The van der Waals surface area contributed by atoms with Crippen molar-refractivity contribution in [1.29, 1.82) is 0 Å². The highest BCUT2D eigenvalue weighted by atomic mass is 19.1. The van der Waals surface area contributed by atoms with Crippen LogP contribution in [0.25, 0.3) is 5.69 Å². The van der Waals surface area contributed by atoms with Crippen molar-refractivity contribution in [1.82, 2.24) is 9.78 Å². The highest BCUT2D eigenvalue weighted by Crippen LogP contribution is 2.23. The SMILES string of the molecule is CC(=O)c1ccc(NC(=O)C2CCN(c3ccc(=O)n(-c4cccc(F)c4)n3)CC2)cc1. The van der Waals surface area contributed by atoms with E-state index < -0.39 is 5.82 Å². The van der Waals surface area contributed by atoms with Crippen molar-refractivity contribution in [3.63, 3.8) is 0 Å². The summed E-state index contributed by atoms with van der Waals surface area (Å²) in [5.41, 5.74) is 1.28. The van der Waals surface area contributed by atoms with Gasteiger partial charge in [-0.15, -0.1) is 5.10 Å². The summed E-state index contributed by atoms with van der Waals surface area (Å²) in [5, 5.41) is 7.31. The fraction of sp³-hybridized carbons (Fsp3) is 0.250. The molecule has 1 aliphatic rings. The second-order valence-electron chi connectivity index (χ2n) is 7.81. The van der Waals surface area contributed by atoms with Crippen LogP contribution in [-0.2, 0) is 4.79 Å². The fourth-order valence-corrected chi connectivity index (χ4v) is 3.77. The maximum absolute atomic E-state index is 13.6. The van der Waals surface area contributed by atoms with E-state index in [0.717, 1.165) is 0 Å². The third-order valence-corrected chi connectivity index (χ3v) is 5.59. The van der Waals surface area contributed by atoms with Crippen LogP contribution in [0, 0.1) is 11.7 Å². The Bertz CT molecular complexity index is 1200. The Morgan fingerprint density at radius 1 is 1.03 bits per heavy atom. The molecule has 1 aromatic heterocycles. The van der Waals surface area contributed by atoms with Crippen molar-refractivity contribution < 1.29 is 14.0 Å². The van der Waals surface area contributed by atoms with E-state index in [1.54, 1.807) is 36.4 Å². The van der Waals surface area contributed by atoms with E-state index in [1.165, 1.54) is 35.9 Å². The van der Waals surface area contributed by atoms with E-state index >= 15 is 0 Å². The molecule has 0 radical (unpaired) electrons. The first-order valence-corrected chi connectivity index (χ1v) is 10.4. The molecular formula is C24H23FN4O3. The number of carbonyl (C=O) groups excluding carboxylic acids is 2. The molecule has 32 heavy (non-hydrogen) atoms. The normalized spacial score (nSPS) is 14.2. The molecule has 1 fully saturated rings. The summed E-state index contributed by atoms with van der Waals surface area (Å²) in [4.78, 5) is 38.3. The molecule has 1 amide bonds. The number of anilines is 2. The van der Waals surface area contributed by atoms with Gasteiger partial charge in [0.1, 0.15) is 11.6 Å². The van der Waals surface area contributed by atoms with Crippen LogP contribution in [0.4, 0.5) is 15.9 Å². The first-order chi connectivity index (χ1) is 15.4. The minimum absolute atomic E-state index is 0.0208. The Kier molecular flexibility index (Phi) is 6.11. The van der Waals surface area contributed by atoms with Crippen molar-refractivity contribution in [3.8, 4) is 5.69 Å². The summed E-state index contributed by atoms with van der Waals surface area (Å²) in [6, 6.07) is 15.6. The summed E-state index contributed by atoms with van der Waals surface area (Å²) < 4.78 is 14.7. The van der Waals surface area contributed by atoms with Gasteiger partial charge < -0.3 is 10.2 Å². The zero-order valence-electron chi connectivity index (χ0n) is 17.6. The van der Waals surface area contributed by atoms with Crippen LogP contribution in [0.15, 0.2) is 65.5 Å². The van der Waals surface area contributed by atoms with Gasteiger partial charge in [-0.1, -0.05) is 6.07 Å². The van der Waals surface area contributed by atoms with Gasteiger partial charge in [0.15, 0.2) is 5.78 Å². The Morgan fingerprint density at radius 3 is 2.41 bits per heavy atom. The number of halogens is 1. The van der Waals surface area contributed by atoms with E-state index in [0.29, 0.717) is 48.7 Å². The fourth-order valence-electron chi connectivity index (χ4n) is 3.77. The number of nitrogens with zero attached hydrogens (tertiary/aromatic N) is 3. The first-order valence-electron chi connectivity index (χ1n) is 10.4. The van der Waals surface area contributed by atoms with Crippen molar-refractivity contribution >= 4 is 23.2 Å². The molecule has 1 N–H and O–H groups in total. The van der Waals surface area contributed by atoms with E-state index in [9.17, 15) is 18.8 Å². The molecule has 164 valence electrons. The average Bonchev–Trinajstić information content (AvgIpc) is 2.80. The van der Waals surface area contributed by atoms with Crippen LogP contribution >= 0.6 is 0 Å². The van der Waals surface area contributed by atoms with Gasteiger partial charge in [-0.25, -0.2) is 4.39 Å². The topological polar surface area (TPSA) is 84.3 Å². The van der Waals surface area contributed by atoms with E-state index in [1.807, 2.05) is 4.90 Å². The molecule has 0 bridgehead atoms. The summed E-state index contributed by atoms with van der Waals surface area (Å²) in [7, 11) is 0. The average molecular weight is 434 g/mol. The lowest BCUT2D eigenvalue weighted by Gasteiger charge is -2.32. The quantitative estimate of drug-likeness (QED) is 0.622. The molecule has 4 rings (SSSR count). The number of aromatic nitrogens is 2. The number of carbonyl (C=O) groups is 2. The lowest BCUT2D eigenvalue weighted by atomic mass is 9.95. The van der Waals surface area contributed by atoms with Crippen molar-refractivity contribution in [2.75, 3.05) is 23.3 Å². The molecule has 3 aromatic rings. The van der Waals surface area contributed by atoms with E-state index in [-0.39, 0.29) is 23.2 Å². The molecule has 1 aliphatic heterocycles. The van der Waals surface area contributed by atoms with Crippen LogP contribution in [0.5, 0.6) is 0 Å². The van der Waals surface area contributed by atoms with Gasteiger partial charge in [-0.3, -0.25) is 14.4 Å². The Morgan fingerprint density at radius 2 is 1.75 bits per heavy atom. The predicted molar refractivity (Wildman–Crippen MR) is 120 cm³/mol. The third-order valence-electron chi connectivity index (χ3n) is 5.59. The smallest absolute Gasteiger partial charge is 0.271 e. The number of ketones is 1. The van der Waals surface area contributed by atoms with E-state index in [4.69, 9.17) is 0 Å². The molecule has 0 spiro atoms. The number of nitrogens with one attached hydrogen (secondary N) is 1. The molecular weight excluding hydrogens is 411 g/mol. The van der Waals surface area contributed by atoms with Crippen LogP contribution in [-0.4, -0.2) is 34.6 Å². The number of Topliss-reactive ketones (excluding diaryl/α,β-unsaturated/α-hetero) is 1. The maximum Gasteiger partial charge on any atom is 0.271 e. The Labute approximate surface area is 184 Å². The summed E-state index contributed by atoms with van der Waals surface area (Å²) in [6.45, 7) is 2.71. The number of hydrogen-bond acceptors (Lipinski definition) is 5. The van der Waals surface area contributed by atoms with Crippen LogP contribution in [0.3, 0.4) is 0 Å². The van der Waals surface area contributed by atoms with Gasteiger partial charge in [0.2, 0.25) is 5.91 Å². The zero-order chi connectivity index (χ0) is 22.7. The standard InChI is InChI=1S/C24H23FN4O3/c1-16(30)17-5-7-20(8-6-17)26-24(32)18-11-13-28(14-12-18)22-9-10-23(31)29(27-22)21-4-2-3-19(25)15-21/h2-10,15,18H,11-14H2,1H3,(H,26,32). The molecule has 2 aromatic carbocycles. The number of rotatable bonds is 5. The third kappa shape index (κ3) is 4.74. The Hall–Kier alpha value is -3.81. The van der Waals surface area contributed by atoms with E-state index in [2.05, 4.69) is 10.4 Å². The minimum atomic E-state index is -0.440. The van der Waals surface area contributed by atoms with Crippen molar-refractivity contribution in [3.05, 3.63) is 82.4 Å². The largest absolute Gasteiger partial charge is 0.355 e. The molecule has 0 atom stereocenters. The monoisotopic (exact) mass is 434 g/mol. The molecule has 7 nitrogen and oxygen atoms in total. The van der Waals surface area contributed by atoms with Gasteiger partial charge in [0, 0.05) is 36.3 Å². The predicted octanol–water partition coefficient (Wildman–Crippen LogP) is 3.43. The molecule has 0 unspecified atom stereocenters. The highest BCUT2D eigenvalue weighted by molar-refractivity contribution is 5.96. The lowest BCUT2D eigenvalue weighted by Crippen LogP contribution is -2.39. The van der Waals surface area contributed by atoms with Crippen molar-refractivity contribution in [2.45, 2.75) is 19.8 Å². The highest BCUT2D eigenvalue weighted by Gasteiger charge is 2.26. The second kappa shape index (κ2) is 9.13. The molecule has 2 heterocycles. The van der Waals surface area contributed by atoms with Gasteiger partial charge >= 0.3 is 0 Å². The molecule has 0 aliphatic carbocycles. The molecule has 1 saturated heterocycles. The van der Waals surface area contributed by atoms with Gasteiger partial charge in [-0.05, 0) is 68.3 Å². The lowest BCUT2D eigenvalue weighted by molar-refractivity contribution is -0.120. The number of benzene rings is 2. The van der Waals surface area contributed by atoms with Gasteiger partial charge in [-0.2, -0.15) is 4.68 Å². The summed E-state index contributed by atoms with van der Waals surface area (Å²) in [6.07, 6.45) is 1.27. The Balaban J connectivity index is 1.40. The zero-order valence-corrected chi connectivity index (χ0v) is 17.6. The van der Waals surface area contributed by atoms with Crippen molar-refractivity contribution in [2.24, 2.45) is 5.92 Å². The van der Waals surface area contributed by atoms with Gasteiger partial charge in [0.25, 0.3) is 5.56 Å². The van der Waals surface area contributed by atoms with Crippen LogP contribution < -0.4 is 15.8 Å². The molecule has 0 saturated carbocycles.